The van der Waals surface area contributed by atoms with Crippen molar-refractivity contribution >= 4 is 35.8 Å². The minimum atomic E-state index is -0.209. The zero-order valence-electron chi connectivity index (χ0n) is 16.5. The summed E-state index contributed by atoms with van der Waals surface area (Å²) in [4.78, 5) is 18.1. The highest BCUT2D eigenvalue weighted by atomic mass is 127. The number of nitrogens with zero attached hydrogens (tertiary/aromatic N) is 2. The summed E-state index contributed by atoms with van der Waals surface area (Å²) < 4.78 is 13.3. The Morgan fingerprint density at radius 1 is 1.11 bits per heavy atom. The third-order valence-electron chi connectivity index (χ3n) is 4.23. The first-order valence-electron chi connectivity index (χ1n) is 8.97. The van der Waals surface area contributed by atoms with Crippen LogP contribution in [0, 0.1) is 12.7 Å². The van der Waals surface area contributed by atoms with E-state index in [0.29, 0.717) is 37.6 Å². The van der Waals surface area contributed by atoms with Crippen LogP contribution in [0.4, 0.5) is 4.39 Å². The first kappa shape index (κ1) is 23.9. The highest BCUT2D eigenvalue weighted by Crippen LogP contribution is 2.09. The Bertz CT molecular complexity index is 783. The molecule has 0 saturated carbocycles. The van der Waals surface area contributed by atoms with E-state index in [-0.39, 0.29) is 35.7 Å². The number of guanidine groups is 1. The maximum Gasteiger partial charge on any atom is 0.224 e. The molecule has 0 aromatic heterocycles. The third-order valence-corrected chi connectivity index (χ3v) is 4.23. The van der Waals surface area contributed by atoms with Gasteiger partial charge >= 0.3 is 0 Å². The van der Waals surface area contributed by atoms with Gasteiger partial charge in [0.25, 0.3) is 0 Å². The van der Waals surface area contributed by atoms with Gasteiger partial charge in [-0.2, -0.15) is 0 Å². The average molecular weight is 498 g/mol. The first-order chi connectivity index (χ1) is 13.0. The lowest BCUT2D eigenvalue weighted by Gasteiger charge is -2.18. The van der Waals surface area contributed by atoms with Crippen LogP contribution in [0.25, 0.3) is 0 Å². The van der Waals surface area contributed by atoms with Gasteiger partial charge < -0.3 is 15.5 Å². The number of aryl methyl sites for hydroxylation is 1. The first-order valence-corrected chi connectivity index (χ1v) is 8.97. The smallest absolute Gasteiger partial charge is 0.224 e. The van der Waals surface area contributed by atoms with Crippen molar-refractivity contribution in [3.63, 3.8) is 0 Å². The molecule has 152 valence electrons. The van der Waals surface area contributed by atoms with Gasteiger partial charge in [0, 0.05) is 40.2 Å². The Hall–Kier alpha value is -2.16. The molecule has 28 heavy (non-hydrogen) atoms. The molecule has 0 unspecified atom stereocenters. The molecular formula is C21H28FIN4O. The molecule has 0 atom stereocenters. The van der Waals surface area contributed by atoms with Crippen molar-refractivity contribution in [2.75, 3.05) is 20.6 Å². The molecule has 0 fully saturated rings. The normalized spacial score (nSPS) is 10.8. The number of hydrogen-bond acceptors (Lipinski definition) is 2. The molecule has 2 aromatic carbocycles. The van der Waals surface area contributed by atoms with Gasteiger partial charge in [0.2, 0.25) is 5.91 Å². The summed E-state index contributed by atoms with van der Waals surface area (Å²) in [5.74, 6) is 0.464. The van der Waals surface area contributed by atoms with Crippen molar-refractivity contribution in [1.82, 2.24) is 15.5 Å². The summed E-state index contributed by atoms with van der Waals surface area (Å²) in [7, 11) is 3.48. The fraction of sp³-hybridized carbons (Fsp3) is 0.333. The Kier molecular flexibility index (Phi) is 10.5. The molecule has 0 bridgehead atoms. The minimum absolute atomic E-state index is 0. The van der Waals surface area contributed by atoms with Gasteiger partial charge in [-0.15, -0.1) is 24.0 Å². The number of aliphatic imine (C=N–C) groups is 1. The largest absolute Gasteiger partial charge is 0.356 e. The van der Waals surface area contributed by atoms with Crippen LogP contribution in [0.15, 0.2) is 53.5 Å². The Morgan fingerprint density at radius 2 is 1.82 bits per heavy atom. The van der Waals surface area contributed by atoms with Gasteiger partial charge in [-0.1, -0.05) is 42.5 Å². The molecule has 5 nitrogen and oxygen atoms in total. The zero-order valence-corrected chi connectivity index (χ0v) is 18.9. The second-order valence-electron chi connectivity index (χ2n) is 6.42. The van der Waals surface area contributed by atoms with Crippen LogP contribution in [-0.4, -0.2) is 37.4 Å². The van der Waals surface area contributed by atoms with E-state index in [2.05, 4.69) is 15.6 Å². The molecule has 2 aromatic rings. The van der Waals surface area contributed by atoms with Crippen molar-refractivity contribution in [1.29, 1.82) is 0 Å². The highest BCUT2D eigenvalue weighted by Gasteiger charge is 2.09. The average Bonchev–Trinajstić information content (AvgIpc) is 2.67. The number of carbonyl (C=O) groups excluding carboxylic acids is 1. The number of carbonyl (C=O) groups is 1. The van der Waals surface area contributed by atoms with Crippen LogP contribution in [0.1, 0.15) is 23.1 Å². The maximum atomic E-state index is 13.3. The van der Waals surface area contributed by atoms with Crippen LogP contribution in [0.5, 0.6) is 0 Å². The molecule has 0 heterocycles. The number of hydrogen-bond donors (Lipinski definition) is 2. The number of halogens is 2. The molecule has 7 heteroatoms. The van der Waals surface area contributed by atoms with E-state index < -0.39 is 0 Å². The van der Waals surface area contributed by atoms with Crippen molar-refractivity contribution in [3.8, 4) is 0 Å². The van der Waals surface area contributed by atoms with Crippen LogP contribution in [0.3, 0.4) is 0 Å². The van der Waals surface area contributed by atoms with Crippen LogP contribution in [-0.2, 0) is 17.9 Å². The molecule has 0 aliphatic rings. The molecule has 0 spiro atoms. The summed E-state index contributed by atoms with van der Waals surface area (Å²) >= 11 is 0. The summed E-state index contributed by atoms with van der Waals surface area (Å²) in [6, 6.07) is 14.9. The van der Waals surface area contributed by atoms with Crippen molar-refractivity contribution < 1.29 is 9.18 Å². The quantitative estimate of drug-likeness (QED) is 0.350. The zero-order chi connectivity index (χ0) is 19.6. The van der Waals surface area contributed by atoms with E-state index >= 15 is 0 Å². The van der Waals surface area contributed by atoms with Crippen LogP contribution < -0.4 is 10.6 Å². The topological polar surface area (TPSA) is 56.7 Å². The molecule has 2 N–H and O–H groups in total. The standard InChI is InChI=1S/C21H27FN4O.HI/c1-16-13-18(9-10-19(16)22)14-25-21(23-2)24-12-11-20(27)26(3)15-17-7-5-4-6-8-17;/h4-10,13H,11-12,14-15H2,1-3H3,(H2,23,24,25);1H. The lowest BCUT2D eigenvalue weighted by molar-refractivity contribution is -0.130. The van der Waals surface area contributed by atoms with Crippen molar-refractivity contribution in [3.05, 3.63) is 71.0 Å². The second kappa shape index (κ2) is 12.3. The lowest BCUT2D eigenvalue weighted by Crippen LogP contribution is -2.39. The van der Waals surface area contributed by atoms with E-state index in [0.717, 1.165) is 11.1 Å². The van der Waals surface area contributed by atoms with Gasteiger partial charge in [0.05, 0.1) is 0 Å². The monoisotopic (exact) mass is 498 g/mol. The number of rotatable bonds is 7. The lowest BCUT2D eigenvalue weighted by atomic mass is 10.1. The van der Waals surface area contributed by atoms with E-state index in [4.69, 9.17) is 0 Å². The van der Waals surface area contributed by atoms with Gasteiger partial charge in [-0.05, 0) is 29.7 Å². The Morgan fingerprint density at radius 3 is 2.46 bits per heavy atom. The predicted octanol–water partition coefficient (Wildman–Crippen LogP) is 3.47. The number of amides is 1. The predicted molar refractivity (Wildman–Crippen MR) is 122 cm³/mol. The second-order valence-corrected chi connectivity index (χ2v) is 6.42. The van der Waals surface area contributed by atoms with Gasteiger partial charge in [0.1, 0.15) is 5.82 Å². The molecule has 1 amide bonds. The molecule has 0 radical (unpaired) electrons. The number of benzene rings is 2. The van der Waals surface area contributed by atoms with Gasteiger partial charge in [0.15, 0.2) is 5.96 Å². The van der Waals surface area contributed by atoms with Gasteiger partial charge in [-0.25, -0.2) is 4.39 Å². The third kappa shape index (κ3) is 7.84. The maximum absolute atomic E-state index is 13.3. The van der Waals surface area contributed by atoms with Crippen LogP contribution in [0.2, 0.25) is 0 Å². The van der Waals surface area contributed by atoms with E-state index in [1.54, 1.807) is 38.1 Å². The summed E-state index contributed by atoms with van der Waals surface area (Å²) in [6.45, 7) is 3.35. The fourth-order valence-electron chi connectivity index (χ4n) is 2.65. The molecule has 0 aliphatic carbocycles. The minimum Gasteiger partial charge on any atom is -0.356 e. The Labute approximate surface area is 183 Å². The van der Waals surface area contributed by atoms with Crippen molar-refractivity contribution in [2.45, 2.75) is 26.4 Å². The Balaban J connectivity index is 0.00000392. The number of nitrogens with one attached hydrogen (secondary N) is 2. The fourth-order valence-corrected chi connectivity index (χ4v) is 2.65. The molecule has 0 saturated heterocycles. The summed E-state index contributed by atoms with van der Waals surface area (Å²) in [5.41, 5.74) is 2.69. The molecular weight excluding hydrogens is 470 g/mol. The SMILES string of the molecule is CN=C(NCCC(=O)N(C)Cc1ccccc1)NCc1ccc(F)c(C)c1.I. The molecule has 2 rings (SSSR count). The van der Waals surface area contributed by atoms with E-state index in [9.17, 15) is 9.18 Å². The summed E-state index contributed by atoms with van der Waals surface area (Å²) in [6.07, 6.45) is 0.375. The highest BCUT2D eigenvalue weighted by molar-refractivity contribution is 14.0. The van der Waals surface area contributed by atoms with E-state index in [1.807, 2.05) is 30.3 Å². The van der Waals surface area contributed by atoms with Crippen molar-refractivity contribution in [2.24, 2.45) is 4.99 Å². The van der Waals surface area contributed by atoms with E-state index in [1.165, 1.54) is 6.07 Å². The van der Waals surface area contributed by atoms with Crippen LogP contribution >= 0.6 is 24.0 Å². The van der Waals surface area contributed by atoms with Gasteiger partial charge in [-0.3, -0.25) is 9.79 Å². The summed E-state index contributed by atoms with van der Waals surface area (Å²) in [5, 5.41) is 6.30. The molecule has 0 aliphatic heterocycles.